The van der Waals surface area contributed by atoms with E-state index in [1.165, 1.54) is 12.1 Å². The molecule has 4 rings (SSSR count). The predicted molar refractivity (Wildman–Crippen MR) is 82.8 cm³/mol. The van der Waals surface area contributed by atoms with Crippen LogP contribution < -0.4 is 5.73 Å². The van der Waals surface area contributed by atoms with Gasteiger partial charge in [-0.25, -0.2) is 9.37 Å². The molecular weight excluding hydrogens is 281 g/mol. The topological polar surface area (TPSA) is 69.1 Å². The molecule has 22 heavy (non-hydrogen) atoms. The number of rotatable bonds is 1. The number of nitrogen functional groups attached to an aromatic ring is 1. The maximum atomic E-state index is 13.4. The van der Waals surface area contributed by atoms with Crippen molar-refractivity contribution in [3.63, 3.8) is 0 Å². The Bertz CT molecular complexity index is 1020. The first-order valence-corrected chi connectivity index (χ1v) is 6.78. The van der Waals surface area contributed by atoms with Gasteiger partial charge >= 0.3 is 0 Å². The van der Waals surface area contributed by atoms with Gasteiger partial charge in [0, 0.05) is 34.5 Å². The summed E-state index contributed by atoms with van der Waals surface area (Å²) in [6.45, 7) is 1.88. The Morgan fingerprint density at radius 3 is 2.86 bits per heavy atom. The number of benzene rings is 1. The molecule has 2 N–H and O–H groups in total. The highest BCUT2D eigenvalue weighted by Gasteiger charge is 2.11. The van der Waals surface area contributed by atoms with E-state index in [1.807, 2.05) is 13.0 Å². The molecule has 0 atom stereocenters. The Hall–Kier alpha value is -3.02. The molecule has 1 aromatic carbocycles. The number of aryl methyl sites for hydroxylation is 1. The number of hydrogen-bond acceptors (Lipinski definition) is 4. The highest BCUT2D eigenvalue weighted by molar-refractivity contribution is 5.86. The van der Waals surface area contributed by atoms with E-state index in [1.54, 1.807) is 29.0 Å². The molecule has 5 nitrogen and oxygen atoms in total. The molecule has 0 aliphatic rings. The fourth-order valence-electron chi connectivity index (χ4n) is 2.57. The summed E-state index contributed by atoms with van der Waals surface area (Å²) in [5, 5.41) is 4.99. The van der Waals surface area contributed by atoms with Gasteiger partial charge in [-0.1, -0.05) is 0 Å². The molecule has 3 heterocycles. The molecule has 0 aliphatic heterocycles. The van der Waals surface area contributed by atoms with Crippen LogP contribution in [0.1, 0.15) is 5.69 Å². The normalized spacial score (nSPS) is 11.4. The molecule has 0 amide bonds. The lowest BCUT2D eigenvalue weighted by Gasteiger charge is -2.04. The molecule has 3 aromatic heterocycles. The zero-order valence-corrected chi connectivity index (χ0v) is 11.8. The van der Waals surface area contributed by atoms with E-state index in [-0.39, 0.29) is 5.82 Å². The van der Waals surface area contributed by atoms with Crippen LogP contribution in [0.3, 0.4) is 0 Å². The van der Waals surface area contributed by atoms with Gasteiger partial charge in [-0.2, -0.15) is 9.61 Å². The van der Waals surface area contributed by atoms with E-state index in [0.29, 0.717) is 11.5 Å². The lowest BCUT2D eigenvalue weighted by molar-refractivity contribution is 0.629. The Kier molecular flexibility index (Phi) is 2.59. The van der Waals surface area contributed by atoms with Crippen molar-refractivity contribution in [2.75, 3.05) is 5.73 Å². The average Bonchev–Trinajstić information content (AvgIpc) is 2.90. The average molecular weight is 293 g/mol. The number of pyridine rings is 1. The molecule has 108 valence electrons. The Balaban J connectivity index is 1.98. The zero-order chi connectivity index (χ0) is 15.3. The molecule has 0 unspecified atom stereocenters. The van der Waals surface area contributed by atoms with Crippen molar-refractivity contribution in [3.05, 3.63) is 54.2 Å². The molecule has 0 spiro atoms. The Morgan fingerprint density at radius 1 is 1.14 bits per heavy atom. The number of nitrogens with two attached hydrogens (primary N) is 1. The summed E-state index contributed by atoms with van der Waals surface area (Å²) in [7, 11) is 0. The van der Waals surface area contributed by atoms with Gasteiger partial charge in [0.1, 0.15) is 11.6 Å². The van der Waals surface area contributed by atoms with Crippen molar-refractivity contribution < 1.29 is 4.39 Å². The van der Waals surface area contributed by atoms with Gasteiger partial charge in [-0.3, -0.25) is 4.98 Å². The summed E-state index contributed by atoms with van der Waals surface area (Å²) in [6, 6.07) is 8.16. The second-order valence-electron chi connectivity index (χ2n) is 5.18. The summed E-state index contributed by atoms with van der Waals surface area (Å²) in [4.78, 5) is 8.86. The van der Waals surface area contributed by atoms with Crippen LogP contribution >= 0.6 is 0 Å². The van der Waals surface area contributed by atoms with Gasteiger partial charge in [0.05, 0.1) is 11.7 Å². The maximum absolute atomic E-state index is 13.4. The van der Waals surface area contributed by atoms with Crippen molar-refractivity contribution in [3.8, 4) is 11.1 Å². The largest absolute Gasteiger partial charge is 0.384 e. The van der Waals surface area contributed by atoms with Crippen LogP contribution in [0.15, 0.2) is 42.7 Å². The van der Waals surface area contributed by atoms with Gasteiger partial charge in [0.15, 0.2) is 5.65 Å². The first kappa shape index (κ1) is 12.7. The van der Waals surface area contributed by atoms with Crippen LogP contribution in [0.4, 0.5) is 10.2 Å². The third kappa shape index (κ3) is 1.88. The van der Waals surface area contributed by atoms with Crippen LogP contribution in [0.5, 0.6) is 0 Å². The number of aromatic nitrogens is 4. The fourth-order valence-corrected chi connectivity index (χ4v) is 2.57. The monoisotopic (exact) mass is 293 g/mol. The minimum atomic E-state index is -0.287. The Morgan fingerprint density at radius 2 is 2.00 bits per heavy atom. The summed E-state index contributed by atoms with van der Waals surface area (Å²) in [6.07, 6.45) is 3.43. The fraction of sp³-hybridized carbons (Fsp3) is 0.0625. The van der Waals surface area contributed by atoms with E-state index in [0.717, 1.165) is 27.7 Å². The maximum Gasteiger partial charge on any atom is 0.165 e. The van der Waals surface area contributed by atoms with Crippen LogP contribution in [0.25, 0.3) is 27.7 Å². The molecule has 0 bridgehead atoms. The van der Waals surface area contributed by atoms with E-state index in [2.05, 4.69) is 15.1 Å². The van der Waals surface area contributed by atoms with Crippen LogP contribution in [0.2, 0.25) is 0 Å². The zero-order valence-electron chi connectivity index (χ0n) is 11.8. The van der Waals surface area contributed by atoms with Gasteiger partial charge in [0.2, 0.25) is 0 Å². The molecule has 0 fully saturated rings. The second kappa shape index (κ2) is 4.49. The van der Waals surface area contributed by atoms with Gasteiger partial charge in [0.25, 0.3) is 0 Å². The molecular formula is C16H12FN5. The summed E-state index contributed by atoms with van der Waals surface area (Å²) < 4.78 is 15.0. The SMILES string of the molecule is Cc1cc(N)n2ncc(-c3cnc4ccc(F)cc4c3)c2n1. The first-order valence-electron chi connectivity index (χ1n) is 6.78. The quantitative estimate of drug-likeness (QED) is 0.586. The first-order chi connectivity index (χ1) is 10.6. The van der Waals surface area contributed by atoms with E-state index in [4.69, 9.17) is 5.73 Å². The van der Waals surface area contributed by atoms with Gasteiger partial charge < -0.3 is 5.73 Å². The van der Waals surface area contributed by atoms with Crippen molar-refractivity contribution in [2.24, 2.45) is 0 Å². The molecule has 0 aliphatic carbocycles. The minimum absolute atomic E-state index is 0.287. The number of nitrogens with zero attached hydrogens (tertiary/aromatic N) is 4. The van der Waals surface area contributed by atoms with Crippen molar-refractivity contribution >= 4 is 22.4 Å². The summed E-state index contributed by atoms with van der Waals surface area (Å²) in [5.74, 6) is 0.234. The highest BCUT2D eigenvalue weighted by atomic mass is 19.1. The van der Waals surface area contributed by atoms with E-state index in [9.17, 15) is 4.39 Å². The van der Waals surface area contributed by atoms with E-state index >= 15 is 0 Å². The number of hydrogen-bond donors (Lipinski definition) is 1. The third-order valence-corrected chi connectivity index (χ3v) is 3.58. The van der Waals surface area contributed by atoms with Crippen molar-refractivity contribution in [1.29, 1.82) is 0 Å². The Labute approximate surface area is 125 Å². The number of halogens is 1. The van der Waals surface area contributed by atoms with Gasteiger partial charge in [-0.05, 0) is 31.2 Å². The number of fused-ring (bicyclic) bond motifs is 2. The molecule has 0 saturated carbocycles. The molecule has 0 saturated heterocycles. The minimum Gasteiger partial charge on any atom is -0.384 e. The van der Waals surface area contributed by atoms with E-state index < -0.39 is 0 Å². The van der Waals surface area contributed by atoms with Crippen molar-refractivity contribution in [2.45, 2.75) is 6.92 Å². The second-order valence-corrected chi connectivity index (χ2v) is 5.18. The predicted octanol–water partition coefficient (Wildman–Crippen LogP) is 2.97. The lowest BCUT2D eigenvalue weighted by atomic mass is 10.1. The number of anilines is 1. The highest BCUT2D eigenvalue weighted by Crippen LogP contribution is 2.27. The van der Waals surface area contributed by atoms with Crippen LogP contribution in [-0.2, 0) is 0 Å². The van der Waals surface area contributed by atoms with Gasteiger partial charge in [-0.15, -0.1) is 0 Å². The molecule has 6 heteroatoms. The van der Waals surface area contributed by atoms with Crippen LogP contribution in [0, 0.1) is 12.7 Å². The molecule has 0 radical (unpaired) electrons. The smallest absolute Gasteiger partial charge is 0.165 e. The van der Waals surface area contributed by atoms with Crippen LogP contribution in [-0.4, -0.2) is 19.6 Å². The third-order valence-electron chi connectivity index (χ3n) is 3.58. The summed E-state index contributed by atoms with van der Waals surface area (Å²) >= 11 is 0. The standard InChI is InChI=1S/C16H12FN5/c1-9-4-15(18)22-16(21-9)13(8-20-22)11-5-10-6-12(17)2-3-14(10)19-7-11/h2-8H,18H2,1H3. The summed E-state index contributed by atoms with van der Waals surface area (Å²) in [5.41, 5.74) is 9.81. The molecule has 4 aromatic rings. The van der Waals surface area contributed by atoms with Crippen molar-refractivity contribution in [1.82, 2.24) is 19.6 Å². The lowest BCUT2D eigenvalue weighted by Crippen LogP contribution is -2.01.